The maximum absolute atomic E-state index is 12.3. The van der Waals surface area contributed by atoms with Crippen LogP contribution in [0.15, 0.2) is 23.0 Å². The Balaban J connectivity index is 1.96. The van der Waals surface area contributed by atoms with E-state index in [4.69, 9.17) is 4.74 Å². The van der Waals surface area contributed by atoms with Crippen molar-refractivity contribution in [1.82, 2.24) is 19.6 Å². The standard InChI is InChI=1S/C17H16N4O3/c1-24-15-9-10(6-7-14(15)22)8-13-16(23)19-17-18-11-4-2-3-5-12(11)20-21(13)17/h4,6-9,22H,2-3,5H2,1H3,(H,18,19,23)/b13-8+. The third-order valence-electron chi connectivity index (χ3n) is 4.09. The van der Waals surface area contributed by atoms with Crippen molar-refractivity contribution in [3.63, 3.8) is 0 Å². The Morgan fingerprint density at radius 3 is 3.12 bits per heavy atom. The van der Waals surface area contributed by atoms with Gasteiger partial charge in [-0.05, 0) is 43.0 Å². The molecule has 0 spiro atoms. The van der Waals surface area contributed by atoms with Crippen LogP contribution >= 0.6 is 0 Å². The van der Waals surface area contributed by atoms with Crippen molar-refractivity contribution >= 4 is 17.9 Å². The largest absolute Gasteiger partial charge is 0.504 e. The van der Waals surface area contributed by atoms with Gasteiger partial charge in [-0.15, -0.1) is 0 Å². The van der Waals surface area contributed by atoms with E-state index >= 15 is 0 Å². The summed E-state index contributed by atoms with van der Waals surface area (Å²) in [6.07, 6.45) is 6.62. The Labute approximate surface area is 136 Å². The van der Waals surface area contributed by atoms with Gasteiger partial charge in [0.25, 0.3) is 5.56 Å². The fourth-order valence-electron chi connectivity index (χ4n) is 2.87. The van der Waals surface area contributed by atoms with Crippen molar-refractivity contribution < 1.29 is 9.84 Å². The van der Waals surface area contributed by atoms with E-state index in [0.717, 1.165) is 35.9 Å². The molecule has 7 nitrogen and oxygen atoms in total. The summed E-state index contributed by atoms with van der Waals surface area (Å²) in [5.74, 6) is 0.820. The molecule has 0 amide bonds. The highest BCUT2D eigenvalue weighted by atomic mass is 16.5. The van der Waals surface area contributed by atoms with Gasteiger partial charge in [0.1, 0.15) is 5.35 Å². The molecule has 3 aromatic rings. The van der Waals surface area contributed by atoms with Crippen LogP contribution in [-0.2, 0) is 6.42 Å². The summed E-state index contributed by atoms with van der Waals surface area (Å²) < 4.78 is 6.64. The molecule has 0 fully saturated rings. The quantitative estimate of drug-likeness (QED) is 0.696. The van der Waals surface area contributed by atoms with Crippen LogP contribution in [0.1, 0.15) is 24.1 Å². The lowest BCUT2D eigenvalue weighted by molar-refractivity contribution is 0.373. The number of phenolic OH excluding ortho intramolecular Hbond substituents is 1. The number of hydrogen-bond donors (Lipinski definition) is 2. The van der Waals surface area contributed by atoms with Crippen molar-refractivity contribution in [2.75, 3.05) is 7.11 Å². The number of benzene rings is 1. The van der Waals surface area contributed by atoms with Gasteiger partial charge < -0.3 is 9.84 Å². The summed E-state index contributed by atoms with van der Waals surface area (Å²) in [5, 5.41) is 15.5. The van der Waals surface area contributed by atoms with E-state index in [1.54, 1.807) is 22.7 Å². The molecule has 7 heteroatoms. The van der Waals surface area contributed by atoms with Crippen molar-refractivity contribution in [2.45, 2.75) is 19.3 Å². The second-order valence-electron chi connectivity index (χ2n) is 5.69. The van der Waals surface area contributed by atoms with Gasteiger partial charge in [-0.25, -0.2) is 4.98 Å². The number of nitrogens with one attached hydrogen (secondary N) is 1. The Hall–Kier alpha value is -3.09. The normalized spacial score (nSPS) is 14.5. The van der Waals surface area contributed by atoms with Crippen molar-refractivity contribution in [3.05, 3.63) is 50.5 Å². The van der Waals surface area contributed by atoms with E-state index in [0.29, 0.717) is 16.9 Å². The molecule has 0 saturated carbocycles. The molecule has 2 heterocycles. The minimum atomic E-state index is -0.260. The number of aromatic nitrogens is 4. The van der Waals surface area contributed by atoms with E-state index < -0.39 is 0 Å². The average Bonchev–Trinajstić information content (AvgIpc) is 2.89. The molecular weight excluding hydrogens is 308 g/mol. The maximum Gasteiger partial charge on any atom is 0.276 e. The number of aryl methyl sites for hydroxylation is 1. The first kappa shape index (κ1) is 14.5. The molecule has 2 N–H and O–H groups in total. The number of rotatable bonds is 2. The Kier molecular flexibility index (Phi) is 3.34. The molecule has 1 aliphatic carbocycles. The van der Waals surface area contributed by atoms with Crippen molar-refractivity contribution in [2.24, 2.45) is 0 Å². The summed E-state index contributed by atoms with van der Waals surface area (Å²) in [5.41, 5.74) is 1.36. The number of methoxy groups -OCH3 is 1. The lowest BCUT2D eigenvalue weighted by atomic mass is 10.1. The van der Waals surface area contributed by atoms with Gasteiger partial charge >= 0.3 is 0 Å². The van der Waals surface area contributed by atoms with Crippen molar-refractivity contribution in [3.8, 4) is 11.5 Å². The second kappa shape index (κ2) is 5.52. The third-order valence-corrected chi connectivity index (χ3v) is 4.09. The monoisotopic (exact) mass is 324 g/mol. The zero-order valence-electron chi connectivity index (χ0n) is 13.1. The SMILES string of the molecule is COc1cc(/C=c2\c(=O)[nH]c3nc4c(nn23)CCCC=4)ccc1O. The minimum Gasteiger partial charge on any atom is -0.504 e. The highest BCUT2D eigenvalue weighted by Crippen LogP contribution is 2.26. The summed E-state index contributed by atoms with van der Waals surface area (Å²) in [7, 11) is 1.48. The van der Waals surface area contributed by atoms with E-state index in [2.05, 4.69) is 15.1 Å². The topological polar surface area (TPSA) is 92.5 Å². The number of phenols is 1. The lowest BCUT2D eigenvalue weighted by Gasteiger charge is -2.06. The molecule has 0 unspecified atom stereocenters. The van der Waals surface area contributed by atoms with Crippen LogP contribution in [0, 0.1) is 0 Å². The number of aromatic hydroxyl groups is 1. The van der Waals surface area contributed by atoms with Crippen LogP contribution < -0.4 is 21.0 Å². The number of fused-ring (bicyclic) bond motifs is 2. The summed E-state index contributed by atoms with van der Waals surface area (Å²) in [6.45, 7) is 0. The Morgan fingerprint density at radius 2 is 2.29 bits per heavy atom. The molecule has 24 heavy (non-hydrogen) atoms. The molecule has 122 valence electrons. The predicted molar refractivity (Wildman–Crippen MR) is 88.5 cm³/mol. The molecule has 0 saturated heterocycles. The molecule has 0 bridgehead atoms. The third kappa shape index (κ3) is 2.34. The molecule has 4 rings (SSSR count). The highest BCUT2D eigenvalue weighted by Gasteiger charge is 2.10. The van der Waals surface area contributed by atoms with E-state index in [1.807, 2.05) is 6.08 Å². The van der Waals surface area contributed by atoms with Crippen LogP contribution in [0.2, 0.25) is 0 Å². The smallest absolute Gasteiger partial charge is 0.276 e. The minimum absolute atomic E-state index is 0.0491. The van der Waals surface area contributed by atoms with Crippen LogP contribution in [0.3, 0.4) is 0 Å². The molecule has 1 aliphatic rings. The summed E-state index contributed by atoms with van der Waals surface area (Å²) in [4.78, 5) is 19.5. The van der Waals surface area contributed by atoms with E-state index in [1.165, 1.54) is 13.2 Å². The van der Waals surface area contributed by atoms with E-state index in [-0.39, 0.29) is 11.3 Å². The summed E-state index contributed by atoms with van der Waals surface area (Å²) >= 11 is 0. The lowest BCUT2D eigenvalue weighted by Crippen LogP contribution is -2.30. The van der Waals surface area contributed by atoms with Gasteiger partial charge in [-0.1, -0.05) is 12.1 Å². The van der Waals surface area contributed by atoms with Gasteiger partial charge in [-0.3, -0.25) is 9.78 Å². The van der Waals surface area contributed by atoms with Gasteiger partial charge in [0.05, 0.1) is 18.2 Å². The average molecular weight is 324 g/mol. The first-order chi connectivity index (χ1) is 11.7. The molecule has 0 radical (unpaired) electrons. The predicted octanol–water partition coefficient (Wildman–Crippen LogP) is 0.0774. The van der Waals surface area contributed by atoms with Crippen LogP contribution in [0.4, 0.5) is 0 Å². The fraction of sp³-hybridized carbons (Fsp3) is 0.235. The number of aromatic amines is 1. The number of hydrogen-bond acceptors (Lipinski definition) is 5. The number of H-pyrrole nitrogens is 1. The highest BCUT2D eigenvalue weighted by molar-refractivity contribution is 5.55. The summed E-state index contributed by atoms with van der Waals surface area (Å²) in [6, 6.07) is 4.89. The molecule has 0 atom stereocenters. The molecule has 0 aliphatic heterocycles. The van der Waals surface area contributed by atoms with Crippen LogP contribution in [0.5, 0.6) is 11.5 Å². The molecule has 1 aromatic carbocycles. The van der Waals surface area contributed by atoms with Crippen LogP contribution in [-0.4, -0.2) is 31.8 Å². The van der Waals surface area contributed by atoms with Gasteiger partial charge in [0.2, 0.25) is 5.78 Å². The zero-order valence-corrected chi connectivity index (χ0v) is 13.1. The molecular formula is C17H16N4O3. The van der Waals surface area contributed by atoms with Gasteiger partial charge in [0.15, 0.2) is 11.5 Å². The number of imidazole rings is 1. The van der Waals surface area contributed by atoms with Gasteiger partial charge in [-0.2, -0.15) is 9.61 Å². The van der Waals surface area contributed by atoms with E-state index in [9.17, 15) is 9.90 Å². The van der Waals surface area contributed by atoms with Crippen molar-refractivity contribution in [1.29, 1.82) is 0 Å². The molecule has 2 aromatic heterocycles. The zero-order chi connectivity index (χ0) is 16.7. The maximum atomic E-state index is 12.3. The fourth-order valence-corrected chi connectivity index (χ4v) is 2.87. The Morgan fingerprint density at radius 1 is 1.42 bits per heavy atom. The van der Waals surface area contributed by atoms with Gasteiger partial charge in [0, 0.05) is 0 Å². The van der Waals surface area contributed by atoms with Crippen LogP contribution in [0.25, 0.3) is 17.9 Å². The Bertz CT molecular complexity index is 1110. The number of ether oxygens (including phenoxy) is 1. The first-order valence-electron chi connectivity index (χ1n) is 7.72. The first-order valence-corrected chi connectivity index (χ1v) is 7.72. The number of nitrogens with zero attached hydrogens (tertiary/aromatic N) is 3. The second-order valence-corrected chi connectivity index (χ2v) is 5.69.